The summed E-state index contributed by atoms with van der Waals surface area (Å²) in [6.45, 7) is 2.76. The zero-order valence-electron chi connectivity index (χ0n) is 18.7. The maximum absolute atomic E-state index is 13.7. The third-order valence-electron chi connectivity index (χ3n) is 5.77. The Hall–Kier alpha value is -3.39. The number of hydrogen-bond acceptors (Lipinski definition) is 5. The number of benzene rings is 2. The molecule has 1 atom stereocenters. The number of amides is 1. The van der Waals surface area contributed by atoms with E-state index in [-0.39, 0.29) is 24.2 Å². The number of carbonyl (C=O) groups is 1. The molecule has 0 saturated heterocycles. The topological polar surface area (TPSA) is 79.3 Å². The lowest BCUT2D eigenvalue weighted by Gasteiger charge is -2.32. The van der Waals surface area contributed by atoms with Gasteiger partial charge in [0.2, 0.25) is 0 Å². The molecule has 0 radical (unpaired) electrons. The smallest absolute Gasteiger partial charge is 0.256 e. The van der Waals surface area contributed by atoms with E-state index in [2.05, 4.69) is 4.40 Å². The van der Waals surface area contributed by atoms with Crippen LogP contribution in [0.1, 0.15) is 18.1 Å². The van der Waals surface area contributed by atoms with Gasteiger partial charge in [0.05, 0.1) is 18.4 Å². The lowest BCUT2D eigenvalue weighted by Crippen LogP contribution is -2.42. The number of carbonyl (C=O) groups excluding carboxylic acids is 1. The highest BCUT2D eigenvalue weighted by Crippen LogP contribution is 2.24. The van der Waals surface area contributed by atoms with Crippen molar-refractivity contribution in [3.05, 3.63) is 89.6 Å². The number of para-hydroxylation sites is 1. The van der Waals surface area contributed by atoms with Gasteiger partial charge in [-0.2, -0.15) is 0 Å². The molecule has 0 spiro atoms. The number of ether oxygens (including phenoxy) is 1. The number of hydrogen-bond donors (Lipinski definition) is 0. The van der Waals surface area contributed by atoms with Gasteiger partial charge >= 0.3 is 0 Å². The zero-order valence-corrected chi connectivity index (χ0v) is 19.5. The number of fused-ring (bicyclic) bond motifs is 1. The van der Waals surface area contributed by atoms with E-state index < -0.39 is 10.0 Å². The summed E-state index contributed by atoms with van der Waals surface area (Å²) in [5.74, 6) is 0.948. The molecule has 2 heterocycles. The van der Waals surface area contributed by atoms with E-state index in [1.54, 1.807) is 30.4 Å². The van der Waals surface area contributed by atoms with Gasteiger partial charge in [0.1, 0.15) is 11.6 Å². The summed E-state index contributed by atoms with van der Waals surface area (Å²) in [7, 11) is -1.80. The Labute approximate surface area is 194 Å². The molecule has 0 N–H and O–H groups in total. The van der Waals surface area contributed by atoms with Gasteiger partial charge < -0.3 is 14.5 Å². The van der Waals surface area contributed by atoms with Gasteiger partial charge in [0.25, 0.3) is 15.9 Å². The van der Waals surface area contributed by atoms with Crippen molar-refractivity contribution < 1.29 is 17.9 Å². The van der Waals surface area contributed by atoms with Crippen molar-refractivity contribution in [1.29, 1.82) is 0 Å². The second-order valence-electron chi connectivity index (χ2n) is 8.13. The molecule has 0 aliphatic carbocycles. The second kappa shape index (κ2) is 9.62. The Balaban J connectivity index is 1.61. The summed E-state index contributed by atoms with van der Waals surface area (Å²) >= 11 is 0. The van der Waals surface area contributed by atoms with Crippen LogP contribution in [-0.2, 0) is 27.8 Å². The van der Waals surface area contributed by atoms with E-state index in [0.717, 1.165) is 16.9 Å². The Morgan fingerprint density at radius 3 is 2.61 bits per heavy atom. The highest BCUT2D eigenvalue weighted by molar-refractivity contribution is 7.90. The van der Waals surface area contributed by atoms with Crippen molar-refractivity contribution in [3.8, 4) is 5.75 Å². The Morgan fingerprint density at radius 1 is 1.12 bits per heavy atom. The Morgan fingerprint density at radius 2 is 1.85 bits per heavy atom. The average molecular weight is 466 g/mol. The molecule has 2 aliphatic rings. The highest BCUT2D eigenvalue weighted by Gasteiger charge is 2.28. The molecule has 0 bridgehead atoms. The normalized spacial score (nSPS) is 17.5. The largest absolute Gasteiger partial charge is 0.496 e. The zero-order chi connectivity index (χ0) is 23.4. The van der Waals surface area contributed by atoms with Crippen LogP contribution in [-0.4, -0.2) is 55.4 Å². The summed E-state index contributed by atoms with van der Waals surface area (Å²) < 4.78 is 32.9. The van der Waals surface area contributed by atoms with Crippen molar-refractivity contribution in [2.45, 2.75) is 25.9 Å². The van der Waals surface area contributed by atoms with Crippen LogP contribution in [0.3, 0.4) is 0 Å². The fraction of sp³-hybridized carbons (Fsp3) is 0.280. The van der Waals surface area contributed by atoms with E-state index in [1.807, 2.05) is 66.4 Å². The molecule has 2 aliphatic heterocycles. The summed E-state index contributed by atoms with van der Waals surface area (Å²) in [6, 6.07) is 17.6. The maximum atomic E-state index is 13.7. The third kappa shape index (κ3) is 5.34. The fourth-order valence-electron chi connectivity index (χ4n) is 4.00. The molecule has 1 unspecified atom stereocenters. The van der Waals surface area contributed by atoms with Crippen molar-refractivity contribution in [3.63, 3.8) is 0 Å². The minimum absolute atomic E-state index is 0.0692. The number of amidine groups is 1. The summed E-state index contributed by atoms with van der Waals surface area (Å²) in [5.41, 5.74) is 2.56. The fourth-order valence-corrected chi connectivity index (χ4v) is 4.97. The monoisotopic (exact) mass is 465 g/mol. The molecule has 0 fully saturated rings. The number of rotatable bonds is 7. The Kier molecular flexibility index (Phi) is 6.65. The summed E-state index contributed by atoms with van der Waals surface area (Å²) in [6.07, 6.45) is 5.57. The van der Waals surface area contributed by atoms with E-state index in [1.165, 1.54) is 0 Å². The lowest BCUT2D eigenvalue weighted by atomic mass is 10.0. The van der Waals surface area contributed by atoms with E-state index >= 15 is 0 Å². The van der Waals surface area contributed by atoms with Gasteiger partial charge in [-0.3, -0.25) is 4.79 Å². The van der Waals surface area contributed by atoms with Crippen molar-refractivity contribution in [2.75, 3.05) is 19.4 Å². The van der Waals surface area contributed by atoms with Gasteiger partial charge in [0, 0.05) is 25.3 Å². The molecule has 33 heavy (non-hydrogen) atoms. The first-order chi connectivity index (χ1) is 15.9. The molecule has 4 rings (SSSR count). The standard InChI is InChI=1S/C25H27N3O4S/c1-19(16-21-10-6-7-11-23(21)32-2)28(17-20-8-4-3-5-9-20)25(29)22-12-13-24-26-33(30,31)15-14-27(24)18-22/h3-13,18-19H,14-17H2,1-2H3. The van der Waals surface area contributed by atoms with Gasteiger partial charge in [0.15, 0.2) is 0 Å². The minimum atomic E-state index is -3.44. The first-order valence-electron chi connectivity index (χ1n) is 10.8. The molecule has 2 aromatic rings. The van der Waals surface area contributed by atoms with Crippen molar-refractivity contribution in [2.24, 2.45) is 4.40 Å². The molecule has 8 heteroatoms. The van der Waals surface area contributed by atoms with Gasteiger partial charge in [-0.1, -0.05) is 48.5 Å². The second-order valence-corrected chi connectivity index (χ2v) is 9.88. The van der Waals surface area contributed by atoms with Crippen LogP contribution >= 0.6 is 0 Å². The molecule has 0 saturated carbocycles. The van der Waals surface area contributed by atoms with Crippen LogP contribution in [0.4, 0.5) is 0 Å². The maximum Gasteiger partial charge on any atom is 0.256 e. The van der Waals surface area contributed by atoms with Crippen LogP contribution in [0, 0.1) is 0 Å². The van der Waals surface area contributed by atoms with E-state index in [9.17, 15) is 13.2 Å². The first kappa shape index (κ1) is 22.8. The third-order valence-corrected chi connectivity index (χ3v) is 6.93. The molecular weight excluding hydrogens is 438 g/mol. The molecule has 2 aromatic carbocycles. The van der Waals surface area contributed by atoms with Crippen LogP contribution < -0.4 is 4.74 Å². The van der Waals surface area contributed by atoms with Gasteiger partial charge in [-0.15, -0.1) is 4.40 Å². The van der Waals surface area contributed by atoms with Gasteiger partial charge in [-0.05, 0) is 42.7 Å². The minimum Gasteiger partial charge on any atom is -0.496 e. The van der Waals surface area contributed by atoms with E-state index in [4.69, 9.17) is 4.74 Å². The summed E-state index contributed by atoms with van der Waals surface area (Å²) in [5, 5.41) is 0. The summed E-state index contributed by atoms with van der Waals surface area (Å²) in [4.78, 5) is 17.3. The SMILES string of the molecule is COc1ccccc1CC(C)N(Cc1ccccc1)C(=O)C1=CN2CCS(=O)(=O)N=C2C=C1. The predicted molar refractivity (Wildman–Crippen MR) is 128 cm³/mol. The van der Waals surface area contributed by atoms with Crippen molar-refractivity contribution >= 4 is 21.8 Å². The quantitative estimate of drug-likeness (QED) is 0.628. The average Bonchev–Trinajstić information content (AvgIpc) is 2.82. The highest BCUT2D eigenvalue weighted by atomic mass is 32.2. The molecule has 0 aromatic heterocycles. The van der Waals surface area contributed by atoms with Gasteiger partial charge in [-0.25, -0.2) is 8.42 Å². The first-order valence-corrected chi connectivity index (χ1v) is 12.4. The molecule has 1 amide bonds. The molecule has 172 valence electrons. The number of nitrogens with zero attached hydrogens (tertiary/aromatic N) is 3. The van der Waals surface area contributed by atoms with Crippen LogP contribution in [0.15, 0.2) is 82.9 Å². The number of sulfonamides is 1. The van der Waals surface area contributed by atoms with E-state index in [0.29, 0.717) is 24.4 Å². The predicted octanol–water partition coefficient (Wildman–Crippen LogP) is 3.15. The van der Waals surface area contributed by atoms with Crippen LogP contribution in [0.25, 0.3) is 0 Å². The molecular formula is C25H27N3O4S. The Bertz CT molecular complexity index is 1220. The van der Waals surface area contributed by atoms with Crippen molar-refractivity contribution in [1.82, 2.24) is 9.80 Å². The van der Waals surface area contributed by atoms with Crippen LogP contribution in [0.5, 0.6) is 5.75 Å². The molecule has 7 nitrogen and oxygen atoms in total. The lowest BCUT2D eigenvalue weighted by molar-refractivity contribution is -0.129. The number of methoxy groups -OCH3 is 1. The van der Waals surface area contributed by atoms with Crippen LogP contribution in [0.2, 0.25) is 0 Å².